The van der Waals surface area contributed by atoms with Gasteiger partial charge in [-0.3, -0.25) is 4.55 Å². The highest BCUT2D eigenvalue weighted by atomic mass is 35.5. The number of rotatable bonds is 2. The van der Waals surface area contributed by atoms with Crippen LogP contribution in [0.1, 0.15) is 5.56 Å². The molecule has 0 radical (unpaired) electrons. The first-order valence-electron chi connectivity index (χ1n) is 3.17. The van der Waals surface area contributed by atoms with Crippen LogP contribution in [0, 0.1) is 0 Å². The van der Waals surface area contributed by atoms with Gasteiger partial charge in [0.05, 0.1) is 0 Å². The van der Waals surface area contributed by atoms with Gasteiger partial charge in [-0.05, 0) is 11.6 Å². The van der Waals surface area contributed by atoms with Crippen LogP contribution in [0.2, 0.25) is 5.02 Å². The second kappa shape index (κ2) is 4.81. The summed E-state index contributed by atoms with van der Waals surface area (Å²) in [7, 11) is -3.98. The number of hydrogen-bond donors (Lipinski definition) is 1. The van der Waals surface area contributed by atoms with Crippen molar-refractivity contribution in [3.05, 3.63) is 34.9 Å². The van der Waals surface area contributed by atoms with Gasteiger partial charge < -0.3 is 0 Å². The summed E-state index contributed by atoms with van der Waals surface area (Å²) >= 11 is 5.65. The van der Waals surface area contributed by atoms with Crippen molar-refractivity contribution in [3.63, 3.8) is 0 Å². The second-order valence-electron chi connectivity index (χ2n) is 2.32. The molecule has 6 heteroatoms. The summed E-state index contributed by atoms with van der Waals surface area (Å²) in [6.07, 6.45) is 0. The summed E-state index contributed by atoms with van der Waals surface area (Å²) in [6, 6.07) is 6.47. The zero-order chi connectivity index (χ0) is 9.19. The molecule has 0 aliphatic carbocycles. The lowest BCUT2D eigenvalue weighted by Gasteiger charge is -1.99. The smallest absolute Gasteiger partial charge is 0.269 e. The van der Waals surface area contributed by atoms with Crippen LogP contribution in [-0.2, 0) is 15.9 Å². The highest BCUT2D eigenvalue weighted by Gasteiger charge is 2.08. The zero-order valence-electron chi connectivity index (χ0n) is 6.47. The van der Waals surface area contributed by atoms with Crippen molar-refractivity contribution in [1.29, 1.82) is 0 Å². The van der Waals surface area contributed by atoms with E-state index in [2.05, 4.69) is 0 Å². The maximum absolute atomic E-state index is 10.4. The summed E-state index contributed by atoms with van der Waals surface area (Å²) in [6.45, 7) is 0. The average Bonchev–Trinajstić information content (AvgIpc) is 1.91. The first kappa shape index (κ1) is 12.7. The molecule has 0 atom stereocenters. The molecule has 0 heterocycles. The third-order valence-corrected chi connectivity index (χ3v) is 2.34. The van der Waals surface area contributed by atoms with Crippen LogP contribution in [0.3, 0.4) is 0 Å². The largest absolute Gasteiger partial charge is 0.285 e. The third-order valence-electron chi connectivity index (χ3n) is 1.30. The Hall–Kier alpha value is -0.290. The van der Waals surface area contributed by atoms with Gasteiger partial charge >= 0.3 is 0 Å². The van der Waals surface area contributed by atoms with Crippen molar-refractivity contribution in [1.82, 2.24) is 0 Å². The summed E-state index contributed by atoms with van der Waals surface area (Å²) in [5, 5.41) is 0.343. The molecule has 0 amide bonds. The Morgan fingerprint density at radius 2 is 1.85 bits per heavy atom. The molecule has 1 rings (SSSR count). The van der Waals surface area contributed by atoms with E-state index < -0.39 is 15.9 Å². The van der Waals surface area contributed by atoms with Gasteiger partial charge in [0.1, 0.15) is 5.75 Å². The molecule has 0 spiro atoms. The normalized spacial score (nSPS) is 10.6. The van der Waals surface area contributed by atoms with Gasteiger partial charge in [-0.2, -0.15) is 8.42 Å². The molecule has 0 unspecified atom stereocenters. The van der Waals surface area contributed by atoms with Crippen molar-refractivity contribution in [2.24, 2.45) is 0 Å². The molecule has 0 fully saturated rings. The Morgan fingerprint density at radius 3 is 2.31 bits per heavy atom. The van der Waals surface area contributed by atoms with E-state index in [1.165, 1.54) is 0 Å². The predicted octanol–water partition coefficient (Wildman–Crippen LogP) is 2.15. The van der Waals surface area contributed by atoms with Gasteiger partial charge in [0.25, 0.3) is 10.1 Å². The first-order valence-corrected chi connectivity index (χ1v) is 5.16. The standard InChI is InChI=1S/C7H7ClO3S.ClH/c8-7-4-2-1-3-6(7)5-12(9,10)11;/h1-4H,5H2,(H,9,10,11);1H. The van der Waals surface area contributed by atoms with Gasteiger partial charge in [-0.1, -0.05) is 29.8 Å². The molecule has 0 saturated carbocycles. The minimum Gasteiger partial charge on any atom is -0.285 e. The van der Waals surface area contributed by atoms with Gasteiger partial charge in [0.15, 0.2) is 0 Å². The summed E-state index contributed by atoms with van der Waals surface area (Å²) in [5.41, 5.74) is 0.404. The molecule has 74 valence electrons. The maximum Gasteiger partial charge on any atom is 0.269 e. The molecule has 0 saturated heterocycles. The zero-order valence-corrected chi connectivity index (χ0v) is 8.86. The molecular formula is C7H8Cl2O3S. The van der Waals surface area contributed by atoms with E-state index in [1.54, 1.807) is 24.3 Å². The van der Waals surface area contributed by atoms with E-state index in [0.717, 1.165) is 0 Å². The van der Waals surface area contributed by atoms with Crippen LogP contribution in [0.5, 0.6) is 0 Å². The monoisotopic (exact) mass is 242 g/mol. The van der Waals surface area contributed by atoms with Crippen LogP contribution in [0.4, 0.5) is 0 Å². The lowest BCUT2D eigenvalue weighted by molar-refractivity contribution is 0.482. The van der Waals surface area contributed by atoms with E-state index in [4.69, 9.17) is 16.2 Å². The lowest BCUT2D eigenvalue weighted by atomic mass is 10.2. The molecule has 1 aromatic carbocycles. The lowest BCUT2D eigenvalue weighted by Crippen LogP contribution is -2.01. The topological polar surface area (TPSA) is 54.4 Å². The Kier molecular flexibility index (Phi) is 4.70. The van der Waals surface area contributed by atoms with Crippen LogP contribution < -0.4 is 0 Å². The van der Waals surface area contributed by atoms with E-state index in [1.807, 2.05) is 0 Å². The molecule has 13 heavy (non-hydrogen) atoms. The van der Waals surface area contributed by atoms with Crippen molar-refractivity contribution < 1.29 is 13.0 Å². The predicted molar refractivity (Wildman–Crippen MR) is 54.0 cm³/mol. The van der Waals surface area contributed by atoms with E-state index in [-0.39, 0.29) is 12.4 Å². The third kappa shape index (κ3) is 4.47. The number of halogens is 2. The average molecular weight is 243 g/mol. The minimum atomic E-state index is -3.98. The molecule has 3 nitrogen and oxygen atoms in total. The molecule has 0 aliphatic heterocycles. The van der Waals surface area contributed by atoms with Gasteiger partial charge in [0, 0.05) is 5.02 Å². The molecule has 1 aromatic rings. The molecular weight excluding hydrogens is 235 g/mol. The van der Waals surface area contributed by atoms with E-state index in [9.17, 15) is 8.42 Å². The summed E-state index contributed by atoms with van der Waals surface area (Å²) in [5.74, 6) is -0.438. The molecule has 1 N–H and O–H groups in total. The fraction of sp³-hybridized carbons (Fsp3) is 0.143. The van der Waals surface area contributed by atoms with Gasteiger partial charge in [-0.15, -0.1) is 12.4 Å². The van der Waals surface area contributed by atoms with Crippen molar-refractivity contribution in [3.8, 4) is 0 Å². The van der Waals surface area contributed by atoms with Crippen LogP contribution in [-0.4, -0.2) is 13.0 Å². The number of benzene rings is 1. The van der Waals surface area contributed by atoms with Gasteiger partial charge in [-0.25, -0.2) is 0 Å². The van der Waals surface area contributed by atoms with Crippen LogP contribution >= 0.6 is 24.0 Å². The summed E-state index contributed by atoms with van der Waals surface area (Å²) in [4.78, 5) is 0. The Balaban J connectivity index is 0.00000144. The van der Waals surface area contributed by atoms with E-state index in [0.29, 0.717) is 10.6 Å². The van der Waals surface area contributed by atoms with Gasteiger partial charge in [0.2, 0.25) is 0 Å². The highest BCUT2D eigenvalue weighted by Crippen LogP contribution is 2.16. The molecule has 0 aliphatic rings. The van der Waals surface area contributed by atoms with Crippen molar-refractivity contribution >= 4 is 34.1 Å². The Labute approximate surface area is 87.9 Å². The molecule has 0 aromatic heterocycles. The molecule has 0 bridgehead atoms. The van der Waals surface area contributed by atoms with Crippen molar-refractivity contribution in [2.45, 2.75) is 5.75 Å². The van der Waals surface area contributed by atoms with Crippen molar-refractivity contribution in [2.75, 3.05) is 0 Å². The van der Waals surface area contributed by atoms with E-state index >= 15 is 0 Å². The number of hydrogen-bond acceptors (Lipinski definition) is 2. The first-order chi connectivity index (χ1) is 5.49. The SMILES string of the molecule is Cl.O=S(=O)(O)Cc1ccccc1Cl. The maximum atomic E-state index is 10.4. The second-order valence-corrected chi connectivity index (χ2v) is 4.18. The Bertz CT molecular complexity index is 375. The fourth-order valence-corrected chi connectivity index (χ4v) is 1.74. The fourth-order valence-electron chi connectivity index (χ4n) is 0.812. The quantitative estimate of drug-likeness (QED) is 0.809. The van der Waals surface area contributed by atoms with Crippen LogP contribution in [0.25, 0.3) is 0 Å². The Morgan fingerprint density at radius 1 is 1.31 bits per heavy atom. The van der Waals surface area contributed by atoms with Crippen LogP contribution in [0.15, 0.2) is 24.3 Å². The highest BCUT2D eigenvalue weighted by molar-refractivity contribution is 7.85. The summed E-state index contributed by atoms with van der Waals surface area (Å²) < 4.78 is 29.4. The minimum absolute atomic E-state index is 0.